The Morgan fingerprint density at radius 2 is 1.89 bits per heavy atom. The predicted octanol–water partition coefficient (Wildman–Crippen LogP) is 4.08. The molecular formula is C16H22O2. The summed E-state index contributed by atoms with van der Waals surface area (Å²) < 4.78 is 5.24. The van der Waals surface area contributed by atoms with Crippen LogP contribution >= 0.6 is 0 Å². The smallest absolute Gasteiger partial charge is 0.310 e. The Balaban J connectivity index is 2.44. The van der Waals surface area contributed by atoms with Gasteiger partial charge in [0, 0.05) is 0 Å². The van der Waals surface area contributed by atoms with Crippen LogP contribution in [0.5, 0.6) is 0 Å². The summed E-state index contributed by atoms with van der Waals surface area (Å²) in [5.74, 6) is 0.132. The summed E-state index contributed by atoms with van der Waals surface area (Å²) in [6, 6.07) is 10.2. The fraction of sp³-hybridized carbons (Fsp3) is 0.438. The van der Waals surface area contributed by atoms with Gasteiger partial charge < -0.3 is 4.74 Å². The van der Waals surface area contributed by atoms with Gasteiger partial charge in [-0.05, 0) is 32.3 Å². The van der Waals surface area contributed by atoms with Gasteiger partial charge in [0.2, 0.25) is 0 Å². The van der Waals surface area contributed by atoms with Gasteiger partial charge in [-0.2, -0.15) is 0 Å². The van der Waals surface area contributed by atoms with Crippen LogP contribution in [0.1, 0.15) is 45.6 Å². The van der Waals surface area contributed by atoms with Crippen LogP contribution < -0.4 is 0 Å². The van der Waals surface area contributed by atoms with E-state index in [-0.39, 0.29) is 5.97 Å². The van der Waals surface area contributed by atoms with Gasteiger partial charge in [-0.3, -0.25) is 4.79 Å². The van der Waals surface area contributed by atoms with Gasteiger partial charge in [0.25, 0.3) is 0 Å². The first kappa shape index (κ1) is 14.5. The molecule has 0 amide bonds. The number of carbonyl (C=O) groups is 1. The standard InChI is InChI=1S/C16H22O2/c1-13(14-10-6-5-7-11-14)9-8-12-15(17)18-16(2,3)4/h5-11,13H,12H2,1-4H3/b9-8+/t13-/m1/s1. The Bertz CT molecular complexity index is 399. The molecule has 0 N–H and O–H groups in total. The minimum absolute atomic E-state index is 0.181. The van der Waals surface area contributed by atoms with Crippen LogP contribution in [0.3, 0.4) is 0 Å². The lowest BCUT2D eigenvalue weighted by molar-refractivity contribution is -0.153. The molecule has 1 rings (SSSR count). The van der Waals surface area contributed by atoms with E-state index in [1.807, 2.05) is 51.1 Å². The van der Waals surface area contributed by atoms with E-state index in [9.17, 15) is 4.79 Å². The molecule has 98 valence electrons. The Labute approximate surface area is 110 Å². The second-order valence-corrected chi connectivity index (χ2v) is 5.42. The van der Waals surface area contributed by atoms with Crippen LogP contribution in [0.25, 0.3) is 0 Å². The molecule has 0 unspecified atom stereocenters. The van der Waals surface area contributed by atoms with E-state index >= 15 is 0 Å². The van der Waals surface area contributed by atoms with Crippen molar-refractivity contribution in [3.63, 3.8) is 0 Å². The summed E-state index contributed by atoms with van der Waals surface area (Å²) in [5, 5.41) is 0. The van der Waals surface area contributed by atoms with E-state index in [1.165, 1.54) is 5.56 Å². The average molecular weight is 246 g/mol. The fourth-order valence-corrected chi connectivity index (χ4v) is 1.62. The molecule has 1 aromatic carbocycles. The molecule has 0 aromatic heterocycles. The zero-order valence-electron chi connectivity index (χ0n) is 11.6. The molecule has 0 radical (unpaired) electrons. The molecule has 2 nitrogen and oxygen atoms in total. The first-order valence-electron chi connectivity index (χ1n) is 6.32. The zero-order chi connectivity index (χ0) is 13.6. The van der Waals surface area contributed by atoms with Crippen LogP contribution in [-0.2, 0) is 9.53 Å². The van der Waals surface area contributed by atoms with Crippen molar-refractivity contribution in [3.05, 3.63) is 48.0 Å². The van der Waals surface area contributed by atoms with Crippen LogP contribution in [-0.4, -0.2) is 11.6 Å². The van der Waals surface area contributed by atoms with Gasteiger partial charge in [0.15, 0.2) is 0 Å². The SMILES string of the molecule is C[C@H](/C=C/CC(=O)OC(C)(C)C)c1ccccc1. The summed E-state index contributed by atoms with van der Waals surface area (Å²) in [7, 11) is 0. The van der Waals surface area contributed by atoms with Crippen molar-refractivity contribution in [2.45, 2.75) is 45.6 Å². The zero-order valence-corrected chi connectivity index (χ0v) is 11.6. The van der Waals surface area contributed by atoms with Gasteiger partial charge in [0.05, 0.1) is 6.42 Å². The van der Waals surface area contributed by atoms with Gasteiger partial charge in [-0.15, -0.1) is 0 Å². The van der Waals surface area contributed by atoms with E-state index in [1.54, 1.807) is 0 Å². The third-order valence-corrected chi connectivity index (χ3v) is 2.45. The molecule has 0 saturated carbocycles. The van der Waals surface area contributed by atoms with Crippen molar-refractivity contribution in [2.24, 2.45) is 0 Å². The maximum atomic E-state index is 11.5. The fourth-order valence-electron chi connectivity index (χ4n) is 1.62. The molecule has 0 aliphatic carbocycles. The highest BCUT2D eigenvalue weighted by Crippen LogP contribution is 2.16. The van der Waals surface area contributed by atoms with Crippen molar-refractivity contribution in [1.82, 2.24) is 0 Å². The van der Waals surface area contributed by atoms with Crippen LogP contribution in [0.2, 0.25) is 0 Å². The predicted molar refractivity (Wildman–Crippen MR) is 74.5 cm³/mol. The molecule has 0 aliphatic rings. The number of rotatable bonds is 4. The summed E-state index contributed by atoms with van der Waals surface area (Å²) in [5.41, 5.74) is 0.841. The van der Waals surface area contributed by atoms with Gasteiger partial charge >= 0.3 is 5.97 Å². The summed E-state index contributed by atoms with van der Waals surface area (Å²) >= 11 is 0. The molecule has 0 aliphatic heterocycles. The minimum Gasteiger partial charge on any atom is -0.460 e. The number of esters is 1. The van der Waals surface area contributed by atoms with E-state index < -0.39 is 5.60 Å². The largest absolute Gasteiger partial charge is 0.460 e. The molecule has 1 aromatic rings. The molecule has 0 saturated heterocycles. The van der Waals surface area contributed by atoms with Crippen molar-refractivity contribution in [2.75, 3.05) is 0 Å². The third-order valence-electron chi connectivity index (χ3n) is 2.45. The quantitative estimate of drug-likeness (QED) is 0.591. The highest BCUT2D eigenvalue weighted by atomic mass is 16.6. The average Bonchev–Trinajstić information content (AvgIpc) is 2.27. The molecule has 2 heteroatoms. The Hall–Kier alpha value is -1.57. The highest BCUT2D eigenvalue weighted by Gasteiger charge is 2.14. The monoisotopic (exact) mass is 246 g/mol. The summed E-state index contributed by atoms with van der Waals surface area (Å²) in [6.45, 7) is 7.74. The number of allylic oxidation sites excluding steroid dienone is 1. The first-order chi connectivity index (χ1) is 8.38. The molecule has 18 heavy (non-hydrogen) atoms. The second kappa shape index (κ2) is 6.39. The van der Waals surface area contributed by atoms with Crippen LogP contribution in [0.4, 0.5) is 0 Å². The number of benzene rings is 1. The van der Waals surface area contributed by atoms with Gasteiger partial charge in [-0.25, -0.2) is 0 Å². The molecule has 0 heterocycles. The first-order valence-corrected chi connectivity index (χ1v) is 6.32. The lowest BCUT2D eigenvalue weighted by Gasteiger charge is -2.18. The Morgan fingerprint density at radius 1 is 1.28 bits per heavy atom. The highest BCUT2D eigenvalue weighted by molar-refractivity contribution is 5.71. The van der Waals surface area contributed by atoms with Crippen molar-refractivity contribution in [1.29, 1.82) is 0 Å². The van der Waals surface area contributed by atoms with E-state index in [0.717, 1.165) is 0 Å². The number of ether oxygens (including phenoxy) is 1. The molecule has 1 atom stereocenters. The van der Waals surface area contributed by atoms with Crippen molar-refractivity contribution >= 4 is 5.97 Å². The van der Waals surface area contributed by atoms with E-state index in [4.69, 9.17) is 4.74 Å². The number of carbonyl (C=O) groups excluding carboxylic acids is 1. The van der Waals surface area contributed by atoms with Crippen LogP contribution in [0.15, 0.2) is 42.5 Å². The number of hydrogen-bond donors (Lipinski definition) is 0. The lowest BCUT2D eigenvalue weighted by atomic mass is 10.0. The topological polar surface area (TPSA) is 26.3 Å². The van der Waals surface area contributed by atoms with Crippen LogP contribution in [0, 0.1) is 0 Å². The molecule has 0 bridgehead atoms. The van der Waals surface area contributed by atoms with Gasteiger partial charge in [-0.1, -0.05) is 49.4 Å². The lowest BCUT2D eigenvalue weighted by Crippen LogP contribution is -2.23. The molecular weight excluding hydrogens is 224 g/mol. The Morgan fingerprint density at radius 3 is 2.44 bits per heavy atom. The van der Waals surface area contributed by atoms with Crippen molar-refractivity contribution < 1.29 is 9.53 Å². The third kappa shape index (κ3) is 5.67. The van der Waals surface area contributed by atoms with Crippen molar-refractivity contribution in [3.8, 4) is 0 Å². The molecule has 0 fully saturated rings. The van der Waals surface area contributed by atoms with E-state index in [0.29, 0.717) is 12.3 Å². The van der Waals surface area contributed by atoms with E-state index in [2.05, 4.69) is 19.1 Å². The maximum Gasteiger partial charge on any atom is 0.310 e. The normalized spacial score (nSPS) is 13.6. The minimum atomic E-state index is -0.407. The van der Waals surface area contributed by atoms with Gasteiger partial charge in [0.1, 0.15) is 5.60 Å². The summed E-state index contributed by atoms with van der Waals surface area (Å²) in [6.07, 6.45) is 4.25. The Kier molecular flexibility index (Phi) is 5.14. The summed E-state index contributed by atoms with van der Waals surface area (Å²) in [4.78, 5) is 11.5. The number of hydrogen-bond acceptors (Lipinski definition) is 2. The molecule has 0 spiro atoms. The second-order valence-electron chi connectivity index (χ2n) is 5.42. The maximum absolute atomic E-state index is 11.5.